The van der Waals surface area contributed by atoms with E-state index in [0.717, 1.165) is 45.4 Å². The van der Waals surface area contributed by atoms with Crippen molar-refractivity contribution in [3.05, 3.63) is 0 Å². The standard InChI is InChI=1S/C12H26N4O2S/c1-13-6-3-7-15(2)19(17,18)14-12-10-16-8-4-11(12)5-9-16/h11-14H,3-10H2,1-2H3. The van der Waals surface area contributed by atoms with Crippen LogP contribution in [0.15, 0.2) is 0 Å². The second-order valence-corrected chi connectivity index (χ2v) is 7.46. The lowest BCUT2D eigenvalue weighted by Crippen LogP contribution is -2.58. The van der Waals surface area contributed by atoms with Gasteiger partial charge in [0.25, 0.3) is 10.2 Å². The van der Waals surface area contributed by atoms with Gasteiger partial charge < -0.3 is 10.2 Å². The Balaban J connectivity index is 1.86. The molecule has 3 saturated heterocycles. The van der Waals surface area contributed by atoms with Crippen LogP contribution in [-0.2, 0) is 10.2 Å². The minimum Gasteiger partial charge on any atom is -0.320 e. The van der Waals surface area contributed by atoms with E-state index in [4.69, 9.17) is 0 Å². The monoisotopic (exact) mass is 290 g/mol. The van der Waals surface area contributed by atoms with Crippen molar-refractivity contribution in [3.8, 4) is 0 Å². The average Bonchev–Trinajstić information content (AvgIpc) is 2.39. The van der Waals surface area contributed by atoms with Crippen LogP contribution in [0, 0.1) is 5.92 Å². The lowest BCUT2D eigenvalue weighted by molar-refractivity contribution is 0.0820. The molecule has 1 atom stereocenters. The van der Waals surface area contributed by atoms with Gasteiger partial charge in [-0.15, -0.1) is 0 Å². The lowest BCUT2D eigenvalue weighted by Gasteiger charge is -2.45. The van der Waals surface area contributed by atoms with Crippen LogP contribution >= 0.6 is 0 Å². The van der Waals surface area contributed by atoms with E-state index in [-0.39, 0.29) is 6.04 Å². The Bertz CT molecular complexity index is 379. The highest BCUT2D eigenvalue weighted by molar-refractivity contribution is 7.87. The Morgan fingerprint density at radius 1 is 1.32 bits per heavy atom. The van der Waals surface area contributed by atoms with E-state index in [0.29, 0.717) is 12.5 Å². The molecule has 3 rings (SSSR count). The van der Waals surface area contributed by atoms with Gasteiger partial charge in [-0.25, -0.2) is 0 Å². The molecule has 7 heteroatoms. The normalized spacial score (nSPS) is 31.0. The number of piperidine rings is 3. The van der Waals surface area contributed by atoms with Gasteiger partial charge in [0, 0.05) is 26.2 Å². The highest BCUT2D eigenvalue weighted by Gasteiger charge is 2.36. The molecule has 3 aliphatic rings. The molecule has 0 amide bonds. The SMILES string of the molecule is CNCCCN(C)S(=O)(=O)NC1CN2CCC1CC2. The smallest absolute Gasteiger partial charge is 0.279 e. The first-order chi connectivity index (χ1) is 9.03. The van der Waals surface area contributed by atoms with Gasteiger partial charge >= 0.3 is 0 Å². The number of hydrogen-bond acceptors (Lipinski definition) is 4. The minimum absolute atomic E-state index is 0.0965. The van der Waals surface area contributed by atoms with Crippen molar-refractivity contribution in [2.24, 2.45) is 5.92 Å². The third-order valence-electron chi connectivity index (χ3n) is 4.27. The zero-order valence-corrected chi connectivity index (χ0v) is 12.7. The first kappa shape index (κ1) is 15.2. The van der Waals surface area contributed by atoms with Gasteiger partial charge in [-0.2, -0.15) is 17.4 Å². The summed E-state index contributed by atoms with van der Waals surface area (Å²) < 4.78 is 28.8. The van der Waals surface area contributed by atoms with E-state index in [1.165, 1.54) is 4.31 Å². The maximum atomic E-state index is 12.2. The summed E-state index contributed by atoms with van der Waals surface area (Å²) in [5, 5.41) is 3.03. The Hall–Kier alpha value is -0.210. The zero-order valence-electron chi connectivity index (χ0n) is 11.9. The van der Waals surface area contributed by atoms with E-state index < -0.39 is 10.2 Å². The van der Waals surface area contributed by atoms with E-state index >= 15 is 0 Å². The molecule has 112 valence electrons. The predicted molar refractivity (Wildman–Crippen MR) is 76.2 cm³/mol. The van der Waals surface area contributed by atoms with Crippen LogP contribution in [0.3, 0.4) is 0 Å². The summed E-state index contributed by atoms with van der Waals surface area (Å²) in [7, 11) is 0.193. The van der Waals surface area contributed by atoms with Crippen molar-refractivity contribution >= 4 is 10.2 Å². The number of rotatable bonds is 7. The van der Waals surface area contributed by atoms with Crippen LogP contribution in [0.5, 0.6) is 0 Å². The molecule has 0 aromatic carbocycles. The van der Waals surface area contributed by atoms with Crippen LogP contribution in [0.25, 0.3) is 0 Å². The molecule has 1 unspecified atom stereocenters. The van der Waals surface area contributed by atoms with Gasteiger partial charge in [-0.05, 0) is 51.9 Å². The van der Waals surface area contributed by atoms with Crippen molar-refractivity contribution in [3.63, 3.8) is 0 Å². The molecular formula is C12H26N4O2S. The maximum absolute atomic E-state index is 12.2. The lowest BCUT2D eigenvalue weighted by atomic mass is 9.85. The maximum Gasteiger partial charge on any atom is 0.279 e. The van der Waals surface area contributed by atoms with Gasteiger partial charge in [0.15, 0.2) is 0 Å². The largest absolute Gasteiger partial charge is 0.320 e. The van der Waals surface area contributed by atoms with Crippen LogP contribution in [0.2, 0.25) is 0 Å². The minimum atomic E-state index is -3.33. The Kier molecular flexibility index (Phi) is 5.19. The first-order valence-corrected chi connectivity index (χ1v) is 8.57. The molecule has 2 bridgehead atoms. The summed E-state index contributed by atoms with van der Waals surface area (Å²) in [6.45, 7) is 4.51. The highest BCUT2D eigenvalue weighted by atomic mass is 32.2. The van der Waals surface area contributed by atoms with Gasteiger partial charge in [-0.1, -0.05) is 0 Å². The van der Waals surface area contributed by atoms with Crippen molar-refractivity contribution in [2.45, 2.75) is 25.3 Å². The van der Waals surface area contributed by atoms with E-state index in [9.17, 15) is 8.42 Å². The van der Waals surface area contributed by atoms with Gasteiger partial charge in [0.05, 0.1) is 0 Å². The van der Waals surface area contributed by atoms with E-state index in [2.05, 4.69) is 14.9 Å². The topological polar surface area (TPSA) is 64.7 Å². The second-order valence-electron chi connectivity index (χ2n) is 5.65. The van der Waals surface area contributed by atoms with Gasteiger partial charge in [0.2, 0.25) is 0 Å². The Morgan fingerprint density at radius 2 is 2.00 bits per heavy atom. The molecule has 6 nitrogen and oxygen atoms in total. The second kappa shape index (κ2) is 6.49. The number of nitrogens with one attached hydrogen (secondary N) is 2. The summed E-state index contributed by atoms with van der Waals surface area (Å²) in [5.41, 5.74) is 0. The van der Waals surface area contributed by atoms with Crippen molar-refractivity contribution in [1.82, 2.24) is 19.2 Å². The summed E-state index contributed by atoms with van der Waals surface area (Å²) in [6.07, 6.45) is 3.07. The fourth-order valence-electron chi connectivity index (χ4n) is 2.98. The Morgan fingerprint density at radius 3 is 2.53 bits per heavy atom. The number of hydrogen-bond donors (Lipinski definition) is 2. The van der Waals surface area contributed by atoms with Gasteiger partial charge in [-0.3, -0.25) is 0 Å². The van der Waals surface area contributed by atoms with Crippen molar-refractivity contribution in [1.29, 1.82) is 0 Å². The van der Waals surface area contributed by atoms with E-state index in [1.807, 2.05) is 7.05 Å². The quantitative estimate of drug-likeness (QED) is 0.618. The van der Waals surface area contributed by atoms with E-state index in [1.54, 1.807) is 7.05 Å². The van der Waals surface area contributed by atoms with Crippen LogP contribution in [-0.4, -0.2) is 70.5 Å². The summed E-state index contributed by atoms with van der Waals surface area (Å²) in [4.78, 5) is 2.36. The molecule has 0 radical (unpaired) electrons. The molecule has 3 aliphatic heterocycles. The fourth-order valence-corrected chi connectivity index (χ4v) is 4.18. The highest BCUT2D eigenvalue weighted by Crippen LogP contribution is 2.27. The predicted octanol–water partition coefficient (Wildman–Crippen LogP) is -0.544. The molecule has 0 aromatic rings. The van der Waals surface area contributed by atoms with Crippen LogP contribution < -0.4 is 10.0 Å². The van der Waals surface area contributed by atoms with Crippen LogP contribution in [0.4, 0.5) is 0 Å². The first-order valence-electron chi connectivity index (χ1n) is 7.13. The molecule has 0 spiro atoms. The molecule has 2 N–H and O–H groups in total. The molecule has 0 saturated carbocycles. The molecule has 0 aliphatic carbocycles. The fraction of sp³-hybridized carbons (Fsp3) is 1.00. The molecule has 3 heterocycles. The number of fused-ring (bicyclic) bond motifs is 3. The number of nitrogens with zero attached hydrogens (tertiary/aromatic N) is 2. The average molecular weight is 290 g/mol. The van der Waals surface area contributed by atoms with Crippen molar-refractivity contribution in [2.75, 3.05) is 46.8 Å². The third kappa shape index (κ3) is 3.88. The molecule has 0 aromatic heterocycles. The van der Waals surface area contributed by atoms with Gasteiger partial charge in [0.1, 0.15) is 0 Å². The molecule has 19 heavy (non-hydrogen) atoms. The molecule has 3 fully saturated rings. The van der Waals surface area contributed by atoms with Crippen LogP contribution in [0.1, 0.15) is 19.3 Å². The summed E-state index contributed by atoms with van der Waals surface area (Å²) >= 11 is 0. The third-order valence-corrected chi connectivity index (χ3v) is 5.87. The Labute approximate surface area is 116 Å². The van der Waals surface area contributed by atoms with Crippen molar-refractivity contribution < 1.29 is 8.42 Å². The summed E-state index contributed by atoms with van der Waals surface area (Å²) in [6, 6.07) is 0.0965. The molecular weight excluding hydrogens is 264 g/mol. The zero-order chi connectivity index (χ0) is 13.9. The summed E-state index contributed by atoms with van der Waals surface area (Å²) in [5.74, 6) is 0.519.